The molecular weight excluding hydrogens is 292 g/mol. The second-order valence-electron chi connectivity index (χ2n) is 6.46. The van der Waals surface area contributed by atoms with Crippen molar-refractivity contribution in [3.63, 3.8) is 0 Å². The molecule has 0 N–H and O–H groups in total. The summed E-state index contributed by atoms with van der Waals surface area (Å²) in [5.74, 6) is 0.530. The molecule has 124 valence electrons. The molecule has 0 radical (unpaired) electrons. The summed E-state index contributed by atoms with van der Waals surface area (Å²) >= 11 is 0. The molecular formula is C18H24N2O3. The Bertz CT molecular complexity index is 665. The topological polar surface area (TPSA) is 45.9 Å². The number of carbonyl (C=O) groups excluding carboxylic acids is 1. The summed E-state index contributed by atoms with van der Waals surface area (Å²) in [6.07, 6.45) is 2.65. The van der Waals surface area contributed by atoms with Gasteiger partial charge in [0.2, 0.25) is 5.91 Å². The summed E-state index contributed by atoms with van der Waals surface area (Å²) in [5.41, 5.74) is 2.18. The van der Waals surface area contributed by atoms with Crippen LogP contribution in [0.15, 0.2) is 34.9 Å². The van der Waals surface area contributed by atoms with Crippen molar-refractivity contribution in [2.24, 2.45) is 5.92 Å². The van der Waals surface area contributed by atoms with Crippen molar-refractivity contribution in [2.75, 3.05) is 46.9 Å². The van der Waals surface area contributed by atoms with E-state index < -0.39 is 0 Å². The Labute approximate surface area is 136 Å². The van der Waals surface area contributed by atoms with Gasteiger partial charge in [-0.2, -0.15) is 0 Å². The van der Waals surface area contributed by atoms with Gasteiger partial charge < -0.3 is 14.1 Å². The third-order valence-electron chi connectivity index (χ3n) is 4.32. The Morgan fingerprint density at radius 3 is 3.04 bits per heavy atom. The van der Waals surface area contributed by atoms with Gasteiger partial charge in [0.05, 0.1) is 26.0 Å². The van der Waals surface area contributed by atoms with Crippen LogP contribution in [0.4, 0.5) is 0 Å². The van der Waals surface area contributed by atoms with Crippen LogP contribution in [0.1, 0.15) is 5.56 Å². The maximum Gasteiger partial charge on any atom is 0.236 e. The van der Waals surface area contributed by atoms with E-state index in [1.54, 1.807) is 25.3 Å². The highest BCUT2D eigenvalue weighted by molar-refractivity contribution is 5.78. The summed E-state index contributed by atoms with van der Waals surface area (Å²) < 4.78 is 11.2. The Balaban J connectivity index is 1.64. The number of hydrogen-bond donors (Lipinski definition) is 0. The number of nitrogens with zero attached hydrogens (tertiary/aromatic N) is 2. The number of ether oxygens (including phenoxy) is 1. The number of hydrogen-bond acceptors (Lipinski definition) is 4. The molecule has 1 saturated heterocycles. The molecule has 0 bridgehead atoms. The number of furan rings is 1. The lowest BCUT2D eigenvalue weighted by atomic mass is 9.99. The summed E-state index contributed by atoms with van der Waals surface area (Å²) in [4.78, 5) is 15.8. The van der Waals surface area contributed by atoms with Crippen molar-refractivity contribution in [2.45, 2.75) is 6.42 Å². The van der Waals surface area contributed by atoms with E-state index in [1.165, 1.54) is 5.56 Å². The largest absolute Gasteiger partial charge is 0.464 e. The van der Waals surface area contributed by atoms with Crippen LogP contribution in [0.25, 0.3) is 11.0 Å². The standard InChI is InChI=1S/C18H24N2O3/c1-19(2)18(21)12-20-6-8-22-13-15(11-20)9-14-3-4-16-5-7-23-17(16)10-14/h3-5,7,10,15H,6,8-9,11-13H2,1-2H3/t15-/m0/s1. The van der Waals surface area contributed by atoms with Crippen molar-refractivity contribution in [3.05, 3.63) is 36.1 Å². The molecule has 1 atom stereocenters. The van der Waals surface area contributed by atoms with Gasteiger partial charge in [-0.05, 0) is 30.0 Å². The van der Waals surface area contributed by atoms with E-state index in [-0.39, 0.29) is 5.91 Å². The van der Waals surface area contributed by atoms with Crippen molar-refractivity contribution in [1.29, 1.82) is 0 Å². The molecule has 0 unspecified atom stereocenters. The molecule has 1 fully saturated rings. The van der Waals surface area contributed by atoms with Gasteiger partial charge in [0, 0.05) is 32.6 Å². The second-order valence-corrected chi connectivity index (χ2v) is 6.46. The van der Waals surface area contributed by atoms with Gasteiger partial charge in [0.1, 0.15) is 5.58 Å². The molecule has 2 aromatic rings. The van der Waals surface area contributed by atoms with Crippen LogP contribution in [0.2, 0.25) is 0 Å². The van der Waals surface area contributed by atoms with Crippen LogP contribution < -0.4 is 0 Å². The number of benzene rings is 1. The molecule has 0 aliphatic carbocycles. The molecule has 2 heterocycles. The van der Waals surface area contributed by atoms with E-state index in [0.29, 0.717) is 19.1 Å². The van der Waals surface area contributed by atoms with E-state index in [1.807, 2.05) is 6.07 Å². The summed E-state index contributed by atoms with van der Waals surface area (Å²) in [5, 5.41) is 1.13. The van der Waals surface area contributed by atoms with E-state index in [4.69, 9.17) is 9.15 Å². The van der Waals surface area contributed by atoms with E-state index in [2.05, 4.69) is 23.1 Å². The maximum absolute atomic E-state index is 11.9. The molecule has 1 amide bonds. The Hall–Kier alpha value is -1.85. The first-order chi connectivity index (χ1) is 11.1. The molecule has 1 aromatic heterocycles. The van der Waals surface area contributed by atoms with Crippen molar-refractivity contribution in [3.8, 4) is 0 Å². The number of carbonyl (C=O) groups is 1. The zero-order valence-corrected chi connectivity index (χ0v) is 13.8. The maximum atomic E-state index is 11.9. The molecule has 23 heavy (non-hydrogen) atoms. The van der Waals surface area contributed by atoms with Gasteiger partial charge in [0.15, 0.2) is 0 Å². The van der Waals surface area contributed by atoms with Crippen molar-refractivity contribution in [1.82, 2.24) is 9.80 Å². The number of fused-ring (bicyclic) bond motifs is 1. The Morgan fingerprint density at radius 2 is 2.22 bits per heavy atom. The van der Waals surface area contributed by atoms with Crippen LogP contribution in [0.5, 0.6) is 0 Å². The highest BCUT2D eigenvalue weighted by atomic mass is 16.5. The normalized spacial score (nSPS) is 19.7. The second kappa shape index (κ2) is 7.15. The van der Waals surface area contributed by atoms with Crippen LogP contribution in [0.3, 0.4) is 0 Å². The van der Waals surface area contributed by atoms with Crippen molar-refractivity contribution < 1.29 is 13.9 Å². The molecule has 1 aromatic carbocycles. The lowest BCUT2D eigenvalue weighted by Crippen LogP contribution is -2.39. The lowest BCUT2D eigenvalue weighted by Gasteiger charge is -2.24. The molecule has 1 aliphatic heterocycles. The van der Waals surface area contributed by atoms with Crippen LogP contribution >= 0.6 is 0 Å². The number of likely N-dealkylation sites (N-methyl/N-ethyl adjacent to an activating group) is 1. The molecule has 3 rings (SSSR count). The highest BCUT2D eigenvalue weighted by Crippen LogP contribution is 2.20. The minimum Gasteiger partial charge on any atom is -0.464 e. The zero-order chi connectivity index (χ0) is 16.2. The molecule has 1 aliphatic rings. The SMILES string of the molecule is CN(C)C(=O)CN1CCOC[C@@H](Cc2ccc3ccoc3c2)C1. The van der Waals surface area contributed by atoms with Gasteiger partial charge in [-0.15, -0.1) is 0 Å². The van der Waals surface area contributed by atoms with Gasteiger partial charge in [-0.25, -0.2) is 0 Å². The van der Waals surface area contributed by atoms with Gasteiger partial charge in [-0.3, -0.25) is 9.69 Å². The summed E-state index contributed by atoms with van der Waals surface area (Å²) in [7, 11) is 3.60. The molecule has 0 saturated carbocycles. The van der Waals surface area contributed by atoms with Gasteiger partial charge >= 0.3 is 0 Å². The lowest BCUT2D eigenvalue weighted by molar-refractivity contribution is -0.129. The first-order valence-electron chi connectivity index (χ1n) is 8.08. The van der Waals surface area contributed by atoms with E-state index >= 15 is 0 Å². The minimum atomic E-state index is 0.141. The third-order valence-corrected chi connectivity index (χ3v) is 4.32. The molecule has 0 spiro atoms. The quantitative estimate of drug-likeness (QED) is 0.866. The third kappa shape index (κ3) is 4.12. The number of amides is 1. The summed E-state index contributed by atoms with van der Waals surface area (Å²) in [6, 6.07) is 8.33. The molecule has 5 nitrogen and oxygen atoms in total. The smallest absolute Gasteiger partial charge is 0.236 e. The van der Waals surface area contributed by atoms with Gasteiger partial charge in [-0.1, -0.05) is 12.1 Å². The van der Waals surface area contributed by atoms with Crippen LogP contribution in [-0.4, -0.2) is 62.7 Å². The van der Waals surface area contributed by atoms with E-state index in [0.717, 1.165) is 37.1 Å². The fourth-order valence-corrected chi connectivity index (χ4v) is 3.01. The molecule has 5 heteroatoms. The average Bonchev–Trinajstić information content (AvgIpc) is 2.87. The van der Waals surface area contributed by atoms with Crippen LogP contribution in [0, 0.1) is 5.92 Å². The Morgan fingerprint density at radius 1 is 1.35 bits per heavy atom. The average molecular weight is 316 g/mol. The first kappa shape index (κ1) is 16.0. The predicted octanol–water partition coefficient (Wildman–Crippen LogP) is 2.01. The van der Waals surface area contributed by atoms with Crippen LogP contribution in [-0.2, 0) is 16.0 Å². The predicted molar refractivity (Wildman–Crippen MR) is 89.4 cm³/mol. The Kier molecular flexibility index (Phi) is 4.98. The minimum absolute atomic E-state index is 0.141. The fraction of sp³-hybridized carbons (Fsp3) is 0.500. The fourth-order valence-electron chi connectivity index (χ4n) is 3.01. The zero-order valence-electron chi connectivity index (χ0n) is 13.8. The summed E-state index contributed by atoms with van der Waals surface area (Å²) in [6.45, 7) is 3.59. The van der Waals surface area contributed by atoms with Gasteiger partial charge in [0.25, 0.3) is 0 Å². The monoisotopic (exact) mass is 316 g/mol. The van der Waals surface area contributed by atoms with E-state index in [9.17, 15) is 4.79 Å². The highest BCUT2D eigenvalue weighted by Gasteiger charge is 2.21. The van der Waals surface area contributed by atoms with Crippen molar-refractivity contribution >= 4 is 16.9 Å². The first-order valence-corrected chi connectivity index (χ1v) is 8.08. The number of rotatable bonds is 4.